The minimum Gasteiger partial charge on any atom is -0.478 e. The SMILES string of the molecule is CC(c1ccc(C(=O)O)cc1)n1c(=O)[nH]c2sc(C#CCc3cccc(Br)c3)cc2c1=O. The molecule has 2 heterocycles. The summed E-state index contributed by atoms with van der Waals surface area (Å²) in [6, 6.07) is 15.1. The summed E-state index contributed by atoms with van der Waals surface area (Å²) in [4.78, 5) is 40.8. The number of aromatic amines is 1. The fraction of sp³-hybridized carbons (Fsp3) is 0.125. The van der Waals surface area contributed by atoms with Crippen molar-refractivity contribution in [3.63, 3.8) is 0 Å². The summed E-state index contributed by atoms with van der Waals surface area (Å²) >= 11 is 4.71. The Bertz CT molecular complexity index is 1500. The zero-order chi connectivity index (χ0) is 22.8. The van der Waals surface area contributed by atoms with Gasteiger partial charge in [0.15, 0.2) is 0 Å². The van der Waals surface area contributed by atoms with Crippen molar-refractivity contribution in [2.45, 2.75) is 19.4 Å². The number of nitrogens with one attached hydrogen (secondary N) is 1. The van der Waals surface area contributed by atoms with Gasteiger partial charge in [0, 0.05) is 10.9 Å². The van der Waals surface area contributed by atoms with E-state index < -0.39 is 23.3 Å². The lowest BCUT2D eigenvalue weighted by Crippen LogP contribution is -2.37. The van der Waals surface area contributed by atoms with Gasteiger partial charge in [0.2, 0.25) is 0 Å². The van der Waals surface area contributed by atoms with Crippen LogP contribution in [0.4, 0.5) is 0 Å². The molecule has 0 radical (unpaired) electrons. The predicted molar refractivity (Wildman–Crippen MR) is 129 cm³/mol. The van der Waals surface area contributed by atoms with Gasteiger partial charge < -0.3 is 5.11 Å². The number of benzene rings is 2. The summed E-state index contributed by atoms with van der Waals surface area (Å²) in [5.41, 5.74) is 0.946. The number of hydrogen-bond donors (Lipinski definition) is 2. The van der Waals surface area contributed by atoms with Crippen LogP contribution in [0, 0.1) is 11.8 Å². The number of fused-ring (bicyclic) bond motifs is 1. The van der Waals surface area contributed by atoms with E-state index in [1.54, 1.807) is 25.1 Å². The molecule has 0 saturated carbocycles. The molecule has 0 amide bonds. The Balaban J connectivity index is 1.66. The number of aromatic carboxylic acids is 1. The van der Waals surface area contributed by atoms with E-state index in [4.69, 9.17) is 5.11 Å². The lowest BCUT2D eigenvalue weighted by molar-refractivity contribution is 0.0697. The highest BCUT2D eigenvalue weighted by Crippen LogP contribution is 2.21. The number of H-pyrrole nitrogens is 1. The number of carboxylic acids is 1. The minimum absolute atomic E-state index is 0.140. The summed E-state index contributed by atoms with van der Waals surface area (Å²) in [5.74, 6) is 5.15. The van der Waals surface area contributed by atoms with Crippen LogP contribution in [0.3, 0.4) is 0 Å². The summed E-state index contributed by atoms with van der Waals surface area (Å²) in [7, 11) is 0. The fourth-order valence-electron chi connectivity index (χ4n) is 3.37. The lowest BCUT2D eigenvalue weighted by atomic mass is 10.1. The van der Waals surface area contributed by atoms with E-state index in [1.807, 2.05) is 24.3 Å². The average Bonchev–Trinajstić information content (AvgIpc) is 3.16. The molecule has 1 unspecified atom stereocenters. The third kappa shape index (κ3) is 4.44. The summed E-state index contributed by atoms with van der Waals surface area (Å²) in [6.45, 7) is 1.73. The quantitative estimate of drug-likeness (QED) is 0.399. The first-order valence-corrected chi connectivity index (χ1v) is 11.3. The van der Waals surface area contributed by atoms with Crippen molar-refractivity contribution in [1.29, 1.82) is 0 Å². The minimum atomic E-state index is -1.03. The number of nitrogens with zero attached hydrogens (tertiary/aromatic N) is 1. The highest BCUT2D eigenvalue weighted by Gasteiger charge is 2.17. The number of hydrogen-bond acceptors (Lipinski definition) is 4. The molecule has 0 aliphatic heterocycles. The first kappa shape index (κ1) is 21.8. The standard InChI is InChI=1S/C24H17BrN2O4S/c1-14(16-8-10-17(11-9-16)23(29)30)27-22(28)20-13-19(32-21(20)26-24(27)31)7-3-5-15-4-2-6-18(25)12-15/h2,4,6,8-14H,5H2,1H3,(H,26,31)(H,29,30). The second kappa shape index (κ2) is 8.99. The smallest absolute Gasteiger partial charge is 0.335 e. The van der Waals surface area contributed by atoms with Crippen molar-refractivity contribution in [2.24, 2.45) is 0 Å². The topological polar surface area (TPSA) is 92.2 Å². The van der Waals surface area contributed by atoms with E-state index in [2.05, 4.69) is 32.8 Å². The van der Waals surface area contributed by atoms with Gasteiger partial charge in [-0.2, -0.15) is 0 Å². The van der Waals surface area contributed by atoms with Crippen molar-refractivity contribution in [3.05, 3.63) is 101 Å². The highest BCUT2D eigenvalue weighted by atomic mass is 79.9. The van der Waals surface area contributed by atoms with Crippen LogP contribution in [-0.2, 0) is 6.42 Å². The molecule has 0 spiro atoms. The molecule has 4 aromatic rings. The normalized spacial score (nSPS) is 11.7. The molecule has 2 N–H and O–H groups in total. The van der Waals surface area contributed by atoms with Crippen LogP contribution in [0.5, 0.6) is 0 Å². The molecule has 4 rings (SSSR count). The van der Waals surface area contributed by atoms with Gasteiger partial charge in [-0.05, 0) is 48.4 Å². The van der Waals surface area contributed by atoms with Gasteiger partial charge in [-0.3, -0.25) is 14.3 Å². The molecule has 0 fully saturated rings. The van der Waals surface area contributed by atoms with Gasteiger partial charge in [-0.25, -0.2) is 9.59 Å². The zero-order valence-corrected chi connectivity index (χ0v) is 19.3. The first-order valence-electron chi connectivity index (χ1n) is 9.68. The Kier molecular flexibility index (Phi) is 6.12. The van der Waals surface area contributed by atoms with Crippen molar-refractivity contribution in [2.75, 3.05) is 0 Å². The monoisotopic (exact) mass is 508 g/mol. The van der Waals surface area contributed by atoms with Crippen molar-refractivity contribution in [1.82, 2.24) is 9.55 Å². The molecule has 160 valence electrons. The number of aromatic nitrogens is 2. The second-order valence-corrected chi connectivity index (χ2v) is 9.14. The molecule has 2 aromatic heterocycles. The van der Waals surface area contributed by atoms with Gasteiger partial charge in [0.05, 0.1) is 21.9 Å². The number of rotatable bonds is 4. The maximum Gasteiger partial charge on any atom is 0.335 e. The maximum atomic E-state index is 13.1. The Morgan fingerprint density at radius 2 is 1.94 bits per heavy atom. The third-order valence-corrected chi connectivity index (χ3v) is 6.50. The molecule has 8 heteroatoms. The second-order valence-electron chi connectivity index (χ2n) is 7.17. The predicted octanol–water partition coefficient (Wildman–Crippen LogP) is 4.42. The van der Waals surface area contributed by atoms with Crippen molar-refractivity contribution in [3.8, 4) is 11.8 Å². The van der Waals surface area contributed by atoms with E-state index in [9.17, 15) is 14.4 Å². The number of halogens is 1. The molecule has 0 aliphatic carbocycles. The van der Waals surface area contributed by atoms with Gasteiger partial charge in [-0.15, -0.1) is 11.3 Å². The van der Waals surface area contributed by atoms with Crippen LogP contribution in [0.25, 0.3) is 10.2 Å². The molecule has 0 aliphatic rings. The summed E-state index contributed by atoms with van der Waals surface area (Å²) in [6.07, 6.45) is 0.567. The first-order chi connectivity index (χ1) is 15.3. The molecule has 1 atom stereocenters. The van der Waals surface area contributed by atoms with Crippen LogP contribution in [0.2, 0.25) is 0 Å². The van der Waals surface area contributed by atoms with Crippen LogP contribution in [0.1, 0.15) is 39.3 Å². The van der Waals surface area contributed by atoms with Crippen LogP contribution in [0.15, 0.2) is 68.7 Å². The number of carboxylic acid groups (broad SMARTS) is 1. The van der Waals surface area contributed by atoms with E-state index in [0.29, 0.717) is 27.1 Å². The molecular formula is C24H17BrN2O4S. The Hall–Kier alpha value is -3.41. The Morgan fingerprint density at radius 1 is 1.19 bits per heavy atom. The lowest BCUT2D eigenvalue weighted by Gasteiger charge is -2.14. The maximum absolute atomic E-state index is 13.1. The van der Waals surface area contributed by atoms with Gasteiger partial charge in [0.1, 0.15) is 4.83 Å². The molecular weight excluding hydrogens is 492 g/mol. The molecule has 6 nitrogen and oxygen atoms in total. The van der Waals surface area contributed by atoms with E-state index in [1.165, 1.54) is 23.5 Å². The van der Waals surface area contributed by atoms with Crippen molar-refractivity contribution >= 4 is 43.5 Å². The highest BCUT2D eigenvalue weighted by molar-refractivity contribution is 9.10. The summed E-state index contributed by atoms with van der Waals surface area (Å²) in [5, 5.41) is 9.46. The Labute approximate surface area is 195 Å². The average molecular weight is 509 g/mol. The van der Waals surface area contributed by atoms with Crippen LogP contribution >= 0.6 is 27.3 Å². The number of carbonyl (C=O) groups is 1. The van der Waals surface area contributed by atoms with Gasteiger partial charge in [-0.1, -0.05) is 52.0 Å². The van der Waals surface area contributed by atoms with Crippen molar-refractivity contribution < 1.29 is 9.90 Å². The molecule has 2 aromatic carbocycles. The molecule has 0 saturated heterocycles. The summed E-state index contributed by atoms with van der Waals surface area (Å²) < 4.78 is 2.13. The molecule has 0 bridgehead atoms. The van der Waals surface area contributed by atoms with E-state index >= 15 is 0 Å². The van der Waals surface area contributed by atoms with Crippen LogP contribution in [-0.4, -0.2) is 20.6 Å². The largest absolute Gasteiger partial charge is 0.478 e. The number of thiophene rings is 1. The van der Waals surface area contributed by atoms with Gasteiger partial charge >= 0.3 is 11.7 Å². The zero-order valence-electron chi connectivity index (χ0n) is 16.9. The Morgan fingerprint density at radius 3 is 2.62 bits per heavy atom. The van der Waals surface area contributed by atoms with Crippen LogP contribution < -0.4 is 11.2 Å². The van der Waals surface area contributed by atoms with Gasteiger partial charge in [0.25, 0.3) is 5.56 Å². The third-order valence-electron chi connectivity index (χ3n) is 5.04. The van der Waals surface area contributed by atoms with E-state index in [-0.39, 0.29) is 5.56 Å². The van der Waals surface area contributed by atoms with E-state index in [0.717, 1.165) is 14.6 Å². The fourth-order valence-corrected chi connectivity index (χ4v) is 4.73. The molecule has 32 heavy (non-hydrogen) atoms.